The number of nitrogens with zero attached hydrogens (tertiary/aromatic N) is 2. The molecule has 1 aliphatic rings. The van der Waals surface area contributed by atoms with Crippen LogP contribution >= 0.6 is 0 Å². The van der Waals surface area contributed by atoms with Crippen molar-refractivity contribution in [2.24, 2.45) is 0 Å². The molecule has 7 nitrogen and oxygen atoms in total. The zero-order chi connectivity index (χ0) is 18.8. The minimum absolute atomic E-state index is 0.120. The van der Waals surface area contributed by atoms with Crippen molar-refractivity contribution in [3.63, 3.8) is 0 Å². The van der Waals surface area contributed by atoms with E-state index in [1.165, 1.54) is 17.8 Å². The normalized spacial score (nSPS) is 16.7. The van der Waals surface area contributed by atoms with Gasteiger partial charge in [0.2, 0.25) is 0 Å². The Morgan fingerprint density at radius 1 is 1.19 bits per heavy atom. The number of carbonyl (C=O) groups excluding carboxylic acids is 1. The third-order valence-corrected chi connectivity index (χ3v) is 5.09. The lowest BCUT2D eigenvalue weighted by Gasteiger charge is -2.25. The van der Waals surface area contributed by atoms with Crippen molar-refractivity contribution < 1.29 is 4.79 Å². The molecular weight excluding hydrogens is 344 g/mol. The minimum atomic E-state index is -0.611. The molecule has 2 N–H and O–H groups in total. The number of aryl methyl sites for hydroxylation is 1. The number of rotatable bonds is 4. The molecule has 1 amide bonds. The summed E-state index contributed by atoms with van der Waals surface area (Å²) in [7, 11) is 0. The molecule has 0 radical (unpaired) electrons. The molecule has 1 unspecified atom stereocenters. The maximum absolute atomic E-state index is 13.0. The molecule has 1 atom stereocenters. The van der Waals surface area contributed by atoms with E-state index in [0.29, 0.717) is 12.1 Å². The zero-order valence-corrected chi connectivity index (χ0v) is 14.8. The van der Waals surface area contributed by atoms with E-state index < -0.39 is 11.2 Å². The number of aromatic nitrogens is 3. The molecule has 0 bridgehead atoms. The van der Waals surface area contributed by atoms with E-state index in [2.05, 4.69) is 27.1 Å². The van der Waals surface area contributed by atoms with E-state index in [0.717, 1.165) is 25.7 Å². The number of carbonyl (C=O) groups is 1. The minimum Gasteiger partial charge on any atom is -0.336 e. The average Bonchev–Trinajstić information content (AvgIpc) is 3.15. The van der Waals surface area contributed by atoms with Crippen LogP contribution in [0.25, 0.3) is 11.0 Å². The second kappa shape index (κ2) is 7.19. The Kier molecular flexibility index (Phi) is 4.58. The van der Waals surface area contributed by atoms with Gasteiger partial charge < -0.3 is 4.90 Å². The van der Waals surface area contributed by atoms with Gasteiger partial charge >= 0.3 is 5.69 Å². The Bertz CT molecular complexity index is 1090. The van der Waals surface area contributed by atoms with Crippen LogP contribution in [0.1, 0.15) is 35.2 Å². The van der Waals surface area contributed by atoms with Crippen LogP contribution in [-0.2, 0) is 6.42 Å². The van der Waals surface area contributed by atoms with E-state index >= 15 is 0 Å². The predicted molar refractivity (Wildman–Crippen MR) is 102 cm³/mol. The molecule has 1 aliphatic heterocycles. The number of nitrogens with one attached hydrogen (secondary N) is 2. The summed E-state index contributed by atoms with van der Waals surface area (Å²) in [4.78, 5) is 46.9. The van der Waals surface area contributed by atoms with Crippen LogP contribution in [0.15, 0.2) is 52.2 Å². The molecule has 3 aromatic rings. The van der Waals surface area contributed by atoms with E-state index in [4.69, 9.17) is 0 Å². The Balaban J connectivity index is 1.55. The van der Waals surface area contributed by atoms with Gasteiger partial charge in [-0.05, 0) is 37.3 Å². The maximum atomic E-state index is 13.0. The summed E-state index contributed by atoms with van der Waals surface area (Å²) in [6, 6.07) is 11.9. The number of aromatic amines is 2. The first-order valence-corrected chi connectivity index (χ1v) is 9.09. The number of hydrogen-bond donors (Lipinski definition) is 2. The highest BCUT2D eigenvalue weighted by Crippen LogP contribution is 2.24. The number of benzene rings is 1. The topological polar surface area (TPSA) is 98.9 Å². The summed E-state index contributed by atoms with van der Waals surface area (Å²) in [5, 5.41) is 0.209. The van der Waals surface area contributed by atoms with Gasteiger partial charge in [-0.15, -0.1) is 0 Å². The fourth-order valence-electron chi connectivity index (χ4n) is 3.71. The van der Waals surface area contributed by atoms with Gasteiger partial charge in [-0.2, -0.15) is 0 Å². The van der Waals surface area contributed by atoms with Gasteiger partial charge in [-0.1, -0.05) is 30.3 Å². The molecule has 27 heavy (non-hydrogen) atoms. The number of pyridine rings is 1. The predicted octanol–water partition coefficient (Wildman–Crippen LogP) is 1.85. The lowest BCUT2D eigenvalue weighted by Crippen LogP contribution is -2.36. The Labute approximate surface area is 155 Å². The average molecular weight is 364 g/mol. The van der Waals surface area contributed by atoms with Gasteiger partial charge in [0.25, 0.3) is 11.5 Å². The standard InChI is InChI=1S/C20H20N4O3/c25-18-16-11-14(12-21-17(16)22-20(27)23-18)19(26)24-10-4-7-15(24)9-8-13-5-2-1-3-6-13/h1-3,5-6,11-12,15H,4,7-10H2,(H2,21,22,23,25,27). The molecule has 4 rings (SSSR count). The number of amides is 1. The summed E-state index contributed by atoms with van der Waals surface area (Å²) >= 11 is 0. The zero-order valence-electron chi connectivity index (χ0n) is 14.8. The Morgan fingerprint density at radius 3 is 2.81 bits per heavy atom. The Hall–Kier alpha value is -3.22. The first-order valence-electron chi connectivity index (χ1n) is 9.09. The van der Waals surface area contributed by atoms with Gasteiger partial charge in [-0.25, -0.2) is 9.78 Å². The number of likely N-dealkylation sites (tertiary alicyclic amines) is 1. The van der Waals surface area contributed by atoms with Crippen LogP contribution in [0.5, 0.6) is 0 Å². The summed E-state index contributed by atoms with van der Waals surface area (Å²) in [6.07, 6.45) is 5.21. The number of fused-ring (bicyclic) bond motifs is 1. The van der Waals surface area contributed by atoms with Crippen molar-refractivity contribution >= 4 is 16.9 Å². The van der Waals surface area contributed by atoms with Crippen molar-refractivity contribution in [3.8, 4) is 0 Å². The summed E-state index contributed by atoms with van der Waals surface area (Å²) < 4.78 is 0. The van der Waals surface area contributed by atoms with Crippen LogP contribution in [0.4, 0.5) is 0 Å². The van der Waals surface area contributed by atoms with Crippen LogP contribution in [0.3, 0.4) is 0 Å². The monoisotopic (exact) mass is 364 g/mol. The van der Waals surface area contributed by atoms with Crippen molar-refractivity contribution in [3.05, 3.63) is 74.6 Å². The lowest BCUT2D eigenvalue weighted by atomic mass is 10.0. The second-order valence-corrected chi connectivity index (χ2v) is 6.85. The lowest BCUT2D eigenvalue weighted by molar-refractivity contribution is 0.0730. The van der Waals surface area contributed by atoms with Crippen molar-refractivity contribution in [1.82, 2.24) is 19.9 Å². The highest BCUT2D eigenvalue weighted by atomic mass is 16.2. The van der Waals surface area contributed by atoms with E-state index in [1.54, 1.807) is 0 Å². The highest BCUT2D eigenvalue weighted by molar-refractivity contribution is 5.97. The largest absolute Gasteiger partial charge is 0.336 e. The third kappa shape index (κ3) is 3.53. The van der Waals surface area contributed by atoms with Gasteiger partial charge in [0.1, 0.15) is 5.65 Å². The van der Waals surface area contributed by atoms with E-state index in [-0.39, 0.29) is 23.0 Å². The fraction of sp³-hybridized carbons (Fsp3) is 0.300. The fourth-order valence-corrected chi connectivity index (χ4v) is 3.71. The molecule has 0 saturated carbocycles. The van der Waals surface area contributed by atoms with Gasteiger partial charge in [0, 0.05) is 18.8 Å². The maximum Gasteiger partial charge on any atom is 0.327 e. The number of H-pyrrole nitrogens is 2. The first kappa shape index (κ1) is 17.2. The Morgan fingerprint density at radius 2 is 2.00 bits per heavy atom. The first-order chi connectivity index (χ1) is 13.1. The van der Waals surface area contributed by atoms with Crippen molar-refractivity contribution in [2.75, 3.05) is 6.54 Å². The highest BCUT2D eigenvalue weighted by Gasteiger charge is 2.29. The molecule has 0 aliphatic carbocycles. The van der Waals surface area contributed by atoms with Crippen LogP contribution in [0.2, 0.25) is 0 Å². The molecular formula is C20H20N4O3. The van der Waals surface area contributed by atoms with Gasteiger partial charge in [-0.3, -0.25) is 19.6 Å². The molecule has 3 heterocycles. The summed E-state index contributed by atoms with van der Waals surface area (Å²) in [5.41, 5.74) is 0.659. The van der Waals surface area contributed by atoms with E-state index in [9.17, 15) is 14.4 Å². The number of hydrogen-bond acceptors (Lipinski definition) is 4. The third-order valence-electron chi connectivity index (χ3n) is 5.09. The molecule has 1 aromatic carbocycles. The second-order valence-electron chi connectivity index (χ2n) is 6.85. The van der Waals surface area contributed by atoms with Crippen LogP contribution in [-0.4, -0.2) is 38.3 Å². The molecule has 2 aromatic heterocycles. The summed E-state index contributed by atoms with van der Waals surface area (Å²) in [6.45, 7) is 0.707. The van der Waals surface area contributed by atoms with Gasteiger partial charge in [0.15, 0.2) is 0 Å². The van der Waals surface area contributed by atoms with Crippen LogP contribution < -0.4 is 11.2 Å². The molecule has 1 saturated heterocycles. The molecule has 1 fully saturated rings. The van der Waals surface area contributed by atoms with Crippen molar-refractivity contribution in [1.29, 1.82) is 0 Å². The van der Waals surface area contributed by atoms with Crippen LogP contribution in [0, 0.1) is 0 Å². The molecule has 7 heteroatoms. The van der Waals surface area contributed by atoms with E-state index in [1.807, 2.05) is 23.1 Å². The summed E-state index contributed by atoms with van der Waals surface area (Å²) in [5.74, 6) is -0.120. The SMILES string of the molecule is O=C(c1cnc2[nH]c(=O)[nH]c(=O)c2c1)N1CCCC1CCc1ccccc1. The molecule has 0 spiro atoms. The van der Waals surface area contributed by atoms with Gasteiger partial charge in [0.05, 0.1) is 10.9 Å². The smallest absolute Gasteiger partial charge is 0.327 e. The van der Waals surface area contributed by atoms with Crippen molar-refractivity contribution in [2.45, 2.75) is 31.7 Å². The quantitative estimate of drug-likeness (QED) is 0.738. The molecule has 138 valence electrons.